The van der Waals surface area contributed by atoms with E-state index in [2.05, 4.69) is 14.9 Å². The van der Waals surface area contributed by atoms with Crippen molar-refractivity contribution in [1.29, 1.82) is 0 Å². The lowest BCUT2D eigenvalue weighted by atomic mass is 9.95. The number of aromatic amines is 1. The Balaban J connectivity index is 1.76. The van der Waals surface area contributed by atoms with Crippen molar-refractivity contribution in [1.82, 2.24) is 19.2 Å². The van der Waals surface area contributed by atoms with Gasteiger partial charge in [-0.15, -0.1) is 0 Å². The van der Waals surface area contributed by atoms with Gasteiger partial charge in [-0.3, -0.25) is 4.90 Å². The maximum Gasteiger partial charge on any atom is 0.211 e. The van der Waals surface area contributed by atoms with E-state index in [4.69, 9.17) is 0 Å². The molecule has 0 aliphatic carbocycles. The van der Waals surface area contributed by atoms with Gasteiger partial charge in [0.2, 0.25) is 10.0 Å². The Labute approximate surface area is 113 Å². The summed E-state index contributed by atoms with van der Waals surface area (Å²) in [7, 11) is -3.08. The highest BCUT2D eigenvalue weighted by Crippen LogP contribution is 2.29. The molecule has 106 valence electrons. The first kappa shape index (κ1) is 13.1. The molecule has 0 aromatic carbocycles. The number of sulfonamides is 1. The third kappa shape index (κ3) is 2.82. The van der Waals surface area contributed by atoms with Crippen LogP contribution in [0.4, 0.5) is 0 Å². The van der Waals surface area contributed by atoms with E-state index in [1.54, 1.807) is 10.5 Å². The largest absolute Gasteiger partial charge is 0.348 e. The number of imidazole rings is 1. The van der Waals surface area contributed by atoms with Crippen molar-refractivity contribution >= 4 is 10.0 Å². The van der Waals surface area contributed by atoms with Gasteiger partial charge in [0.15, 0.2) is 0 Å². The van der Waals surface area contributed by atoms with Gasteiger partial charge >= 0.3 is 0 Å². The fourth-order valence-electron chi connectivity index (χ4n) is 3.18. The molecule has 6 nitrogen and oxygen atoms in total. The van der Waals surface area contributed by atoms with Crippen molar-refractivity contribution in [3.63, 3.8) is 0 Å². The molecule has 4 heterocycles. The van der Waals surface area contributed by atoms with E-state index in [0.717, 1.165) is 31.8 Å². The quantitative estimate of drug-likeness (QED) is 0.865. The van der Waals surface area contributed by atoms with E-state index in [0.29, 0.717) is 25.0 Å². The summed E-state index contributed by atoms with van der Waals surface area (Å²) in [4.78, 5) is 9.76. The van der Waals surface area contributed by atoms with Gasteiger partial charge < -0.3 is 4.98 Å². The van der Waals surface area contributed by atoms with Crippen LogP contribution >= 0.6 is 0 Å². The Morgan fingerprint density at radius 3 is 2.89 bits per heavy atom. The zero-order valence-electron chi connectivity index (χ0n) is 11.1. The smallest absolute Gasteiger partial charge is 0.211 e. The molecule has 1 aromatic rings. The van der Waals surface area contributed by atoms with E-state index in [1.165, 1.54) is 6.26 Å². The van der Waals surface area contributed by atoms with E-state index in [1.807, 2.05) is 6.20 Å². The summed E-state index contributed by atoms with van der Waals surface area (Å²) in [5.41, 5.74) is 0. The van der Waals surface area contributed by atoms with Crippen molar-refractivity contribution in [3.05, 3.63) is 18.2 Å². The molecule has 4 rings (SSSR count). The summed E-state index contributed by atoms with van der Waals surface area (Å²) in [6.45, 7) is 3.04. The third-order valence-electron chi connectivity index (χ3n) is 4.17. The first-order valence-corrected chi connectivity index (χ1v) is 8.54. The monoisotopic (exact) mass is 284 g/mol. The fraction of sp³-hybridized carbons (Fsp3) is 0.750. The van der Waals surface area contributed by atoms with Gasteiger partial charge in [0.1, 0.15) is 5.82 Å². The molecule has 3 saturated heterocycles. The molecule has 3 aliphatic rings. The highest BCUT2D eigenvalue weighted by Gasteiger charge is 2.37. The van der Waals surface area contributed by atoms with Crippen molar-refractivity contribution in [3.8, 4) is 0 Å². The number of piperidine rings is 1. The predicted octanol–water partition coefficient (Wildman–Crippen LogP) is 0.266. The molecule has 7 heteroatoms. The van der Waals surface area contributed by atoms with E-state index in [-0.39, 0.29) is 0 Å². The molecule has 2 bridgehead atoms. The molecule has 0 spiro atoms. The molecule has 0 radical (unpaired) electrons. The highest BCUT2D eigenvalue weighted by atomic mass is 32.2. The summed E-state index contributed by atoms with van der Waals surface area (Å²) in [6.07, 6.45) is 7.11. The molecule has 1 aromatic heterocycles. The highest BCUT2D eigenvalue weighted by molar-refractivity contribution is 7.88. The molecular weight excluding hydrogens is 264 g/mol. The summed E-state index contributed by atoms with van der Waals surface area (Å²) in [6, 6.07) is 0.318. The van der Waals surface area contributed by atoms with Crippen LogP contribution in [0.5, 0.6) is 0 Å². The number of nitrogens with zero attached hydrogens (tertiary/aromatic N) is 3. The molecule has 0 saturated carbocycles. The maximum atomic E-state index is 11.8. The first-order chi connectivity index (χ1) is 9.02. The van der Waals surface area contributed by atoms with Crippen LogP contribution in [-0.4, -0.2) is 59.5 Å². The van der Waals surface area contributed by atoms with Crippen molar-refractivity contribution in [2.45, 2.75) is 25.4 Å². The second-order valence-corrected chi connectivity index (χ2v) is 7.62. The zero-order chi connectivity index (χ0) is 13.5. The number of H-pyrrole nitrogens is 1. The Morgan fingerprint density at radius 2 is 2.21 bits per heavy atom. The van der Waals surface area contributed by atoms with Gasteiger partial charge in [0.05, 0.1) is 12.8 Å². The Morgan fingerprint density at radius 1 is 1.37 bits per heavy atom. The average Bonchev–Trinajstić information content (AvgIpc) is 2.66. The number of rotatable bonds is 3. The van der Waals surface area contributed by atoms with Crippen molar-refractivity contribution in [2.75, 3.05) is 25.9 Å². The van der Waals surface area contributed by atoms with Crippen molar-refractivity contribution < 1.29 is 8.42 Å². The fourth-order valence-corrected chi connectivity index (χ4v) is 4.10. The molecule has 3 fully saturated rings. The van der Waals surface area contributed by atoms with E-state index < -0.39 is 10.0 Å². The van der Waals surface area contributed by atoms with Gasteiger partial charge in [-0.25, -0.2) is 17.7 Å². The Bertz CT molecular complexity index is 528. The third-order valence-corrected chi connectivity index (χ3v) is 5.41. The Kier molecular flexibility index (Phi) is 3.36. The normalized spacial score (nSPS) is 29.5. The van der Waals surface area contributed by atoms with Gasteiger partial charge in [-0.1, -0.05) is 0 Å². The van der Waals surface area contributed by atoms with Crippen LogP contribution in [0, 0.1) is 5.92 Å². The molecule has 19 heavy (non-hydrogen) atoms. The predicted molar refractivity (Wildman–Crippen MR) is 71.9 cm³/mol. The minimum atomic E-state index is -3.08. The van der Waals surface area contributed by atoms with Gasteiger partial charge in [-0.05, 0) is 18.8 Å². The number of hydrogen-bond donors (Lipinski definition) is 1. The van der Waals surface area contributed by atoms with Crippen LogP contribution < -0.4 is 0 Å². The maximum absolute atomic E-state index is 11.8. The minimum Gasteiger partial charge on any atom is -0.348 e. The zero-order valence-corrected chi connectivity index (χ0v) is 11.9. The van der Waals surface area contributed by atoms with Crippen molar-refractivity contribution in [2.24, 2.45) is 5.92 Å². The van der Waals surface area contributed by atoms with Crippen LogP contribution in [0.1, 0.15) is 18.7 Å². The molecule has 1 N–H and O–H groups in total. The van der Waals surface area contributed by atoms with Crippen LogP contribution in [0.2, 0.25) is 0 Å². The van der Waals surface area contributed by atoms with Gasteiger partial charge in [0, 0.05) is 38.1 Å². The number of nitrogens with one attached hydrogen (secondary N) is 1. The second kappa shape index (κ2) is 4.88. The minimum absolute atomic E-state index is 0.318. The van der Waals surface area contributed by atoms with E-state index >= 15 is 0 Å². The molecule has 0 unspecified atom stereocenters. The molecular formula is C12H20N4O2S. The standard InChI is InChI=1S/C12H20N4O2S/c1-19(17,18)16-7-10-2-3-11(8-16)15(6-10)9-12-13-4-5-14-12/h4-5,10-11H,2-3,6-9H2,1H3,(H,13,14)/t10-,11-/m1/s1. The number of fused-ring (bicyclic) bond motifs is 4. The van der Waals surface area contributed by atoms with E-state index in [9.17, 15) is 8.42 Å². The Hall–Kier alpha value is -0.920. The topological polar surface area (TPSA) is 69.3 Å². The van der Waals surface area contributed by atoms with Gasteiger partial charge in [0.25, 0.3) is 0 Å². The SMILES string of the molecule is CS(=O)(=O)N1C[C@@H]2CC[C@H](C1)N(Cc1ncc[nH]1)C2. The first-order valence-electron chi connectivity index (χ1n) is 6.70. The lowest BCUT2D eigenvalue weighted by Gasteiger charge is -2.35. The van der Waals surface area contributed by atoms with Gasteiger partial charge in [-0.2, -0.15) is 0 Å². The summed E-state index contributed by atoms with van der Waals surface area (Å²) >= 11 is 0. The lowest BCUT2D eigenvalue weighted by Crippen LogP contribution is -2.44. The summed E-state index contributed by atoms with van der Waals surface area (Å²) in [5.74, 6) is 1.40. The van der Waals surface area contributed by atoms with Crippen LogP contribution in [0.3, 0.4) is 0 Å². The molecule has 0 amide bonds. The average molecular weight is 284 g/mol. The number of aromatic nitrogens is 2. The molecule has 3 aliphatic heterocycles. The van der Waals surface area contributed by atoms with Crippen LogP contribution in [0.25, 0.3) is 0 Å². The summed E-state index contributed by atoms with van der Waals surface area (Å²) < 4.78 is 25.2. The number of hydrogen-bond acceptors (Lipinski definition) is 4. The van der Waals surface area contributed by atoms with Crippen LogP contribution in [-0.2, 0) is 16.6 Å². The lowest BCUT2D eigenvalue weighted by molar-refractivity contribution is 0.122. The molecule has 2 atom stereocenters. The second-order valence-electron chi connectivity index (χ2n) is 5.64. The van der Waals surface area contributed by atoms with Crippen LogP contribution in [0.15, 0.2) is 12.4 Å². The summed E-state index contributed by atoms with van der Waals surface area (Å²) in [5, 5.41) is 0.